The molecule has 2 amide bonds. The first-order valence-electron chi connectivity index (χ1n) is 4.90. The second-order valence-electron chi connectivity index (χ2n) is 3.22. The molecule has 0 unspecified atom stereocenters. The molecule has 0 radical (unpaired) electrons. The first-order chi connectivity index (χ1) is 8.47. The van der Waals surface area contributed by atoms with Crippen LogP contribution in [0.4, 0.5) is 18.9 Å². The van der Waals surface area contributed by atoms with E-state index in [0.717, 1.165) is 6.07 Å². The third kappa shape index (κ3) is 3.20. The molecule has 0 aliphatic heterocycles. The molecule has 1 aromatic rings. The molecular weight excluding hydrogens is 251 g/mol. The van der Waals surface area contributed by atoms with Crippen LogP contribution in [0.5, 0.6) is 0 Å². The maximum Gasteiger partial charge on any atom is 0.313 e. The number of amides is 2. The Balaban J connectivity index is 2.76. The lowest BCUT2D eigenvalue weighted by Crippen LogP contribution is -2.38. The van der Waals surface area contributed by atoms with E-state index in [1.165, 1.54) is 0 Å². The minimum atomic E-state index is -1.73. The van der Waals surface area contributed by atoms with Gasteiger partial charge >= 0.3 is 11.8 Å². The molecular formula is C10H10F3N3O2. The Morgan fingerprint density at radius 2 is 1.78 bits per heavy atom. The van der Waals surface area contributed by atoms with Crippen LogP contribution in [-0.4, -0.2) is 24.9 Å². The minimum absolute atomic E-state index is 0.0620. The van der Waals surface area contributed by atoms with Gasteiger partial charge in [0.15, 0.2) is 17.5 Å². The molecule has 0 fully saturated rings. The van der Waals surface area contributed by atoms with Gasteiger partial charge in [0.05, 0.1) is 5.69 Å². The fourth-order valence-electron chi connectivity index (χ4n) is 1.07. The van der Waals surface area contributed by atoms with Gasteiger partial charge in [-0.3, -0.25) is 9.59 Å². The highest BCUT2D eigenvalue weighted by Gasteiger charge is 2.18. The molecule has 1 aromatic carbocycles. The van der Waals surface area contributed by atoms with Crippen molar-refractivity contribution in [2.75, 3.05) is 18.4 Å². The van der Waals surface area contributed by atoms with Gasteiger partial charge in [-0.05, 0) is 12.1 Å². The van der Waals surface area contributed by atoms with Crippen molar-refractivity contribution in [3.05, 3.63) is 29.6 Å². The van der Waals surface area contributed by atoms with Crippen molar-refractivity contribution in [1.29, 1.82) is 0 Å². The summed E-state index contributed by atoms with van der Waals surface area (Å²) in [6.45, 7) is 0.186. The Kier molecular flexibility index (Phi) is 4.67. The van der Waals surface area contributed by atoms with Crippen LogP contribution < -0.4 is 16.4 Å². The molecule has 1 rings (SSSR count). The van der Waals surface area contributed by atoms with Gasteiger partial charge < -0.3 is 16.4 Å². The van der Waals surface area contributed by atoms with Crippen LogP contribution in [0, 0.1) is 17.5 Å². The molecule has 18 heavy (non-hydrogen) atoms. The van der Waals surface area contributed by atoms with E-state index < -0.39 is 35.0 Å². The van der Waals surface area contributed by atoms with Crippen LogP contribution in [0.25, 0.3) is 0 Å². The zero-order chi connectivity index (χ0) is 13.7. The smallest absolute Gasteiger partial charge is 0.313 e. The summed E-state index contributed by atoms with van der Waals surface area (Å²) in [7, 11) is 0. The second-order valence-corrected chi connectivity index (χ2v) is 3.22. The Hall–Kier alpha value is -2.09. The summed E-state index contributed by atoms with van der Waals surface area (Å²) >= 11 is 0. The Morgan fingerprint density at radius 3 is 2.39 bits per heavy atom. The van der Waals surface area contributed by atoms with E-state index in [-0.39, 0.29) is 13.1 Å². The van der Waals surface area contributed by atoms with Crippen molar-refractivity contribution in [3.8, 4) is 0 Å². The summed E-state index contributed by atoms with van der Waals surface area (Å²) in [4.78, 5) is 22.3. The lowest BCUT2D eigenvalue weighted by Gasteiger charge is -2.07. The van der Waals surface area contributed by atoms with Crippen molar-refractivity contribution < 1.29 is 22.8 Å². The van der Waals surface area contributed by atoms with Gasteiger partial charge in [-0.25, -0.2) is 13.2 Å². The van der Waals surface area contributed by atoms with Gasteiger partial charge in [-0.1, -0.05) is 0 Å². The van der Waals surface area contributed by atoms with E-state index in [2.05, 4.69) is 5.32 Å². The maximum absolute atomic E-state index is 13.2. The van der Waals surface area contributed by atoms with E-state index in [0.29, 0.717) is 6.07 Å². The van der Waals surface area contributed by atoms with E-state index in [4.69, 9.17) is 5.73 Å². The molecule has 98 valence electrons. The Labute approximate surface area is 100 Å². The molecule has 0 atom stereocenters. The van der Waals surface area contributed by atoms with Crippen molar-refractivity contribution in [3.63, 3.8) is 0 Å². The minimum Gasteiger partial charge on any atom is -0.347 e. The van der Waals surface area contributed by atoms with Crippen molar-refractivity contribution in [2.45, 2.75) is 0 Å². The maximum atomic E-state index is 13.2. The monoisotopic (exact) mass is 261 g/mol. The van der Waals surface area contributed by atoms with Gasteiger partial charge in [0.25, 0.3) is 0 Å². The van der Waals surface area contributed by atoms with Crippen LogP contribution in [0.15, 0.2) is 12.1 Å². The van der Waals surface area contributed by atoms with Gasteiger partial charge in [-0.2, -0.15) is 0 Å². The molecule has 0 aromatic heterocycles. The number of anilines is 1. The van der Waals surface area contributed by atoms with Gasteiger partial charge in [-0.15, -0.1) is 0 Å². The highest BCUT2D eigenvalue weighted by Crippen LogP contribution is 2.19. The number of hydrogen-bond acceptors (Lipinski definition) is 3. The molecule has 0 spiro atoms. The number of benzene rings is 1. The average molecular weight is 261 g/mol. The fourth-order valence-corrected chi connectivity index (χ4v) is 1.07. The molecule has 0 heterocycles. The molecule has 5 nitrogen and oxygen atoms in total. The second kappa shape index (κ2) is 6.01. The lowest BCUT2D eigenvalue weighted by atomic mass is 10.2. The highest BCUT2D eigenvalue weighted by molar-refractivity contribution is 6.39. The lowest BCUT2D eigenvalue weighted by molar-refractivity contribution is -0.136. The van der Waals surface area contributed by atoms with Crippen LogP contribution in [-0.2, 0) is 9.59 Å². The summed E-state index contributed by atoms with van der Waals surface area (Å²) in [5.41, 5.74) is 4.47. The molecule has 0 aliphatic rings. The number of halogens is 3. The van der Waals surface area contributed by atoms with E-state index in [9.17, 15) is 22.8 Å². The summed E-state index contributed by atoms with van der Waals surface area (Å²) < 4.78 is 38.6. The fraction of sp³-hybridized carbons (Fsp3) is 0.200. The molecule has 0 bridgehead atoms. The predicted molar refractivity (Wildman–Crippen MR) is 57.0 cm³/mol. The van der Waals surface area contributed by atoms with Crippen molar-refractivity contribution >= 4 is 17.5 Å². The summed E-state index contributed by atoms with van der Waals surface area (Å²) in [6, 6.07) is 1.44. The normalized spacial score (nSPS) is 10.0. The number of carbonyl (C=O) groups is 2. The summed E-state index contributed by atoms with van der Waals surface area (Å²) in [6.07, 6.45) is 0. The first-order valence-corrected chi connectivity index (χ1v) is 4.90. The number of carbonyl (C=O) groups excluding carboxylic acids is 2. The van der Waals surface area contributed by atoms with Gasteiger partial charge in [0.2, 0.25) is 0 Å². The summed E-state index contributed by atoms with van der Waals surface area (Å²) in [5.74, 6) is -6.94. The molecule has 0 saturated carbocycles. The zero-order valence-electron chi connectivity index (χ0n) is 9.10. The topological polar surface area (TPSA) is 84.2 Å². The standard InChI is InChI=1S/C10H10F3N3O2/c11-5-1-2-6(8(13)7(5)12)16-10(18)9(17)15-4-3-14/h1-2H,3-4,14H2,(H,15,17)(H,16,18). The number of nitrogens with two attached hydrogens (primary N) is 1. The van der Waals surface area contributed by atoms with E-state index in [1.54, 1.807) is 0 Å². The molecule has 4 N–H and O–H groups in total. The predicted octanol–water partition coefficient (Wildman–Crippen LogP) is 0.117. The zero-order valence-corrected chi connectivity index (χ0v) is 9.10. The van der Waals surface area contributed by atoms with Crippen LogP contribution >= 0.6 is 0 Å². The third-order valence-corrected chi connectivity index (χ3v) is 1.92. The third-order valence-electron chi connectivity index (χ3n) is 1.92. The Bertz CT molecular complexity index is 480. The van der Waals surface area contributed by atoms with Crippen molar-refractivity contribution in [1.82, 2.24) is 5.32 Å². The van der Waals surface area contributed by atoms with Crippen molar-refractivity contribution in [2.24, 2.45) is 5.73 Å². The number of nitrogens with one attached hydrogen (secondary N) is 2. The van der Waals surface area contributed by atoms with Gasteiger partial charge in [0.1, 0.15) is 0 Å². The number of hydrogen-bond donors (Lipinski definition) is 3. The van der Waals surface area contributed by atoms with E-state index in [1.807, 2.05) is 5.32 Å². The SMILES string of the molecule is NCCNC(=O)C(=O)Nc1ccc(F)c(F)c1F. The first kappa shape index (κ1) is 14.0. The largest absolute Gasteiger partial charge is 0.347 e. The van der Waals surface area contributed by atoms with Crippen LogP contribution in [0.1, 0.15) is 0 Å². The molecule has 0 saturated heterocycles. The summed E-state index contributed by atoms with van der Waals surface area (Å²) in [5, 5.41) is 3.95. The number of rotatable bonds is 3. The quantitative estimate of drug-likeness (QED) is 0.533. The van der Waals surface area contributed by atoms with Crippen LogP contribution in [0.2, 0.25) is 0 Å². The Morgan fingerprint density at radius 1 is 1.11 bits per heavy atom. The molecule has 8 heteroatoms. The average Bonchev–Trinajstić information content (AvgIpc) is 2.36. The van der Waals surface area contributed by atoms with Crippen LogP contribution in [0.3, 0.4) is 0 Å². The van der Waals surface area contributed by atoms with E-state index >= 15 is 0 Å². The van der Waals surface area contributed by atoms with Gasteiger partial charge in [0, 0.05) is 13.1 Å². The molecule has 0 aliphatic carbocycles. The highest BCUT2D eigenvalue weighted by atomic mass is 19.2.